The van der Waals surface area contributed by atoms with Crippen LogP contribution in [0.5, 0.6) is 5.75 Å². The summed E-state index contributed by atoms with van der Waals surface area (Å²) in [6.45, 7) is 0. The van der Waals surface area contributed by atoms with Crippen molar-refractivity contribution < 1.29 is 18.1 Å². The second kappa shape index (κ2) is 6.08. The van der Waals surface area contributed by atoms with Crippen molar-refractivity contribution in [1.29, 1.82) is 5.26 Å². The molecule has 0 radical (unpaired) electrons. The lowest BCUT2D eigenvalue weighted by Gasteiger charge is -2.38. The Morgan fingerprint density at radius 3 is 2.84 bits per heavy atom. The van der Waals surface area contributed by atoms with Gasteiger partial charge >= 0.3 is 0 Å². The van der Waals surface area contributed by atoms with Crippen molar-refractivity contribution in [1.82, 2.24) is 0 Å². The van der Waals surface area contributed by atoms with E-state index in [-0.39, 0.29) is 19.3 Å². The van der Waals surface area contributed by atoms with Gasteiger partial charge in [-0.05, 0) is 30.5 Å². The van der Waals surface area contributed by atoms with Crippen LogP contribution in [0.25, 0.3) is 0 Å². The SMILES string of the molecule is [2H]C1([2H])CCC(O)(C(CC#N)c2ccc(OC)cc2)C([2H])([2H])C1([2H])[2H]. The average Bonchev–Trinajstić information content (AvgIpc) is 2.56. The van der Waals surface area contributed by atoms with Crippen LogP contribution in [0.15, 0.2) is 24.3 Å². The fraction of sp³-hybridized carbons (Fsp3) is 0.562. The number of nitrogens with zero attached hydrogens (tertiary/aromatic N) is 1. The number of methoxy groups -OCH3 is 1. The minimum atomic E-state index is -2.91. The van der Waals surface area contributed by atoms with Gasteiger partial charge in [0.25, 0.3) is 0 Å². The van der Waals surface area contributed by atoms with Crippen LogP contribution in [0.3, 0.4) is 0 Å². The van der Waals surface area contributed by atoms with Crippen LogP contribution in [-0.2, 0) is 0 Å². The largest absolute Gasteiger partial charge is 0.497 e. The van der Waals surface area contributed by atoms with E-state index in [0.717, 1.165) is 0 Å². The van der Waals surface area contributed by atoms with Gasteiger partial charge in [-0.3, -0.25) is 0 Å². The normalized spacial score (nSPS) is 37.1. The number of benzene rings is 1. The molecule has 3 heteroatoms. The third kappa shape index (κ3) is 3.08. The lowest BCUT2D eigenvalue weighted by Crippen LogP contribution is -2.38. The molecule has 1 aromatic carbocycles. The standard InChI is InChI=1S/C16H21NO2/c1-19-14-7-5-13(6-8-14)15(9-12-17)16(18)10-3-2-4-11-16/h5-8,15,18H,2-4,9-11H2,1H3/i2D2,3D2,10D2. The van der Waals surface area contributed by atoms with Gasteiger partial charge in [0.1, 0.15) is 5.75 Å². The summed E-state index contributed by atoms with van der Waals surface area (Å²) in [5.41, 5.74) is -1.74. The number of hydrogen-bond acceptors (Lipinski definition) is 3. The summed E-state index contributed by atoms with van der Waals surface area (Å²) in [6.07, 6.45) is -9.06. The minimum absolute atomic E-state index is 0.221. The molecular weight excluding hydrogens is 238 g/mol. The number of ether oxygens (including phenoxy) is 1. The van der Waals surface area contributed by atoms with E-state index in [1.165, 1.54) is 7.11 Å². The Hall–Kier alpha value is -1.53. The van der Waals surface area contributed by atoms with Crippen molar-refractivity contribution in [3.8, 4) is 11.8 Å². The Morgan fingerprint density at radius 2 is 2.21 bits per heavy atom. The second-order valence-electron chi connectivity index (χ2n) is 4.54. The van der Waals surface area contributed by atoms with Gasteiger partial charge in [0, 0.05) is 20.6 Å². The average molecular weight is 265 g/mol. The molecule has 0 aliphatic heterocycles. The first kappa shape index (κ1) is 7.91. The molecule has 0 saturated heterocycles. The molecule has 19 heavy (non-hydrogen) atoms. The lowest BCUT2D eigenvalue weighted by atomic mass is 9.71. The first-order valence-electron chi connectivity index (χ1n) is 9.18. The van der Waals surface area contributed by atoms with Crippen molar-refractivity contribution in [2.75, 3.05) is 7.11 Å². The van der Waals surface area contributed by atoms with Crippen molar-refractivity contribution in [3.05, 3.63) is 29.8 Å². The predicted molar refractivity (Wildman–Crippen MR) is 74.0 cm³/mol. The summed E-state index contributed by atoms with van der Waals surface area (Å²) >= 11 is 0. The van der Waals surface area contributed by atoms with E-state index in [1.54, 1.807) is 24.3 Å². The van der Waals surface area contributed by atoms with Crippen LogP contribution in [-0.4, -0.2) is 17.8 Å². The van der Waals surface area contributed by atoms with Crippen LogP contribution in [0, 0.1) is 11.3 Å². The highest BCUT2D eigenvalue weighted by molar-refractivity contribution is 5.31. The van der Waals surface area contributed by atoms with Crippen molar-refractivity contribution in [3.63, 3.8) is 0 Å². The summed E-state index contributed by atoms with van der Waals surface area (Å²) in [5, 5.41) is 20.3. The second-order valence-corrected chi connectivity index (χ2v) is 4.54. The van der Waals surface area contributed by atoms with E-state index in [1.807, 2.05) is 6.07 Å². The molecule has 102 valence electrons. The lowest BCUT2D eigenvalue weighted by molar-refractivity contribution is -0.0207. The molecule has 2 atom stereocenters. The van der Waals surface area contributed by atoms with Gasteiger partial charge in [0.15, 0.2) is 0 Å². The molecule has 0 amide bonds. The summed E-state index contributed by atoms with van der Waals surface area (Å²) in [7, 11) is 1.49. The fourth-order valence-corrected chi connectivity index (χ4v) is 2.28. The van der Waals surface area contributed by atoms with E-state index < -0.39 is 30.6 Å². The number of rotatable bonds is 4. The zero-order valence-corrected chi connectivity index (χ0v) is 10.8. The molecule has 1 N–H and O–H groups in total. The van der Waals surface area contributed by atoms with Gasteiger partial charge in [-0.25, -0.2) is 0 Å². The number of nitriles is 1. The zero-order chi connectivity index (χ0) is 19.1. The third-order valence-corrected chi connectivity index (χ3v) is 3.39. The van der Waals surface area contributed by atoms with Gasteiger partial charge in [-0.15, -0.1) is 0 Å². The van der Waals surface area contributed by atoms with Gasteiger partial charge in [0.05, 0.1) is 18.8 Å². The molecule has 1 aromatic rings. The molecule has 3 nitrogen and oxygen atoms in total. The van der Waals surface area contributed by atoms with Gasteiger partial charge in [0.2, 0.25) is 0 Å². The van der Waals surface area contributed by atoms with Crippen molar-refractivity contribution >= 4 is 0 Å². The Morgan fingerprint density at radius 1 is 1.47 bits per heavy atom. The van der Waals surface area contributed by atoms with Crippen molar-refractivity contribution in [2.45, 2.75) is 49.9 Å². The first-order chi connectivity index (χ1) is 11.4. The van der Waals surface area contributed by atoms with Crippen LogP contribution in [0.2, 0.25) is 0 Å². The van der Waals surface area contributed by atoms with Crippen LogP contribution >= 0.6 is 0 Å². The molecule has 1 fully saturated rings. The van der Waals surface area contributed by atoms with Gasteiger partial charge < -0.3 is 9.84 Å². The first-order valence-corrected chi connectivity index (χ1v) is 6.18. The Kier molecular flexibility index (Phi) is 2.53. The molecule has 2 unspecified atom stereocenters. The van der Waals surface area contributed by atoms with E-state index >= 15 is 0 Å². The highest BCUT2D eigenvalue weighted by atomic mass is 16.5. The summed E-state index contributed by atoms with van der Waals surface area (Å²) in [6, 6.07) is 8.38. The maximum Gasteiger partial charge on any atom is 0.118 e. The van der Waals surface area contributed by atoms with Gasteiger partial charge in [-0.1, -0.05) is 31.3 Å². The molecule has 0 aromatic heterocycles. The molecule has 0 spiro atoms. The maximum atomic E-state index is 11.2. The van der Waals surface area contributed by atoms with E-state index in [9.17, 15) is 10.4 Å². The fourth-order valence-electron chi connectivity index (χ4n) is 2.28. The molecule has 1 aliphatic rings. The van der Waals surface area contributed by atoms with Crippen LogP contribution < -0.4 is 4.74 Å². The van der Waals surface area contributed by atoms with E-state index in [4.69, 9.17) is 13.0 Å². The van der Waals surface area contributed by atoms with Crippen LogP contribution in [0.1, 0.15) is 58.1 Å². The summed E-state index contributed by atoms with van der Waals surface area (Å²) < 4.78 is 53.2. The Labute approximate surface area is 123 Å². The molecule has 0 heterocycles. The zero-order valence-electron chi connectivity index (χ0n) is 16.8. The highest BCUT2D eigenvalue weighted by Gasteiger charge is 2.38. The quantitative estimate of drug-likeness (QED) is 0.908. The summed E-state index contributed by atoms with van der Waals surface area (Å²) in [4.78, 5) is 0. The Balaban J connectivity index is 2.54. The van der Waals surface area contributed by atoms with E-state index in [0.29, 0.717) is 11.3 Å². The molecule has 0 bridgehead atoms. The molecular formula is C16H21NO2. The molecule has 1 saturated carbocycles. The number of aliphatic hydroxyl groups is 1. The topological polar surface area (TPSA) is 53.2 Å². The monoisotopic (exact) mass is 265 g/mol. The summed E-state index contributed by atoms with van der Waals surface area (Å²) in [5.74, 6) is -0.436. The Bertz CT molecular complexity index is 670. The predicted octanol–water partition coefficient (Wildman–Crippen LogP) is 3.39. The molecule has 1 aliphatic carbocycles. The van der Waals surface area contributed by atoms with Crippen molar-refractivity contribution in [2.24, 2.45) is 0 Å². The number of hydrogen-bond donors (Lipinski definition) is 1. The van der Waals surface area contributed by atoms with Gasteiger partial charge in [-0.2, -0.15) is 5.26 Å². The van der Waals surface area contributed by atoms with E-state index in [2.05, 4.69) is 0 Å². The molecule has 2 rings (SSSR count). The third-order valence-electron chi connectivity index (χ3n) is 3.39. The van der Waals surface area contributed by atoms with Crippen LogP contribution in [0.4, 0.5) is 0 Å². The highest BCUT2D eigenvalue weighted by Crippen LogP contribution is 2.41. The smallest absolute Gasteiger partial charge is 0.118 e. The minimum Gasteiger partial charge on any atom is -0.497 e. The maximum absolute atomic E-state index is 11.2.